The van der Waals surface area contributed by atoms with E-state index in [4.69, 9.17) is 4.74 Å². The van der Waals surface area contributed by atoms with Crippen LogP contribution in [-0.4, -0.2) is 33.8 Å². The highest BCUT2D eigenvalue weighted by atomic mass is 32.2. The second kappa shape index (κ2) is 7.31. The Hall–Kier alpha value is -2.60. The first-order valence-electron chi connectivity index (χ1n) is 7.46. The van der Waals surface area contributed by atoms with Crippen LogP contribution in [0.25, 0.3) is 11.4 Å². The van der Waals surface area contributed by atoms with Gasteiger partial charge in [-0.3, -0.25) is 4.79 Å². The predicted octanol–water partition coefficient (Wildman–Crippen LogP) is 3.76. The summed E-state index contributed by atoms with van der Waals surface area (Å²) in [6.45, 7) is 2.04. The van der Waals surface area contributed by atoms with E-state index in [1.54, 1.807) is 19.2 Å². The number of nitrogens with one attached hydrogen (secondary N) is 1. The number of carbonyl (C=O) groups excluding carboxylic acids is 1. The molecule has 3 aromatic rings. The van der Waals surface area contributed by atoms with Crippen LogP contribution in [0.1, 0.15) is 15.9 Å². The number of hydrogen-bond acceptors (Lipinski definition) is 5. The standard InChI is InChI=1S/C18H17N3O2S/c1-12-7-9-13(10-8-12)17-19-18(21-20-17)24-11-15(22)14-5-3-4-6-16(14)23-2/h3-10H,11H2,1-2H3,(H,19,20,21). The smallest absolute Gasteiger partial charge is 0.189 e. The van der Waals surface area contributed by atoms with Crippen molar-refractivity contribution in [3.63, 3.8) is 0 Å². The lowest BCUT2D eigenvalue weighted by atomic mass is 10.1. The summed E-state index contributed by atoms with van der Waals surface area (Å²) in [4.78, 5) is 15.5. The molecule has 0 aliphatic carbocycles. The Labute approximate surface area is 144 Å². The van der Waals surface area contributed by atoms with Crippen LogP contribution in [0.5, 0.6) is 5.75 Å². The van der Waals surface area contributed by atoms with Gasteiger partial charge < -0.3 is 9.72 Å². The minimum Gasteiger partial charge on any atom is -0.496 e. The van der Waals surface area contributed by atoms with Gasteiger partial charge >= 0.3 is 0 Å². The van der Waals surface area contributed by atoms with Crippen molar-refractivity contribution in [3.05, 3.63) is 59.7 Å². The summed E-state index contributed by atoms with van der Waals surface area (Å²) in [7, 11) is 1.56. The fraction of sp³-hybridized carbons (Fsp3) is 0.167. The van der Waals surface area contributed by atoms with E-state index in [2.05, 4.69) is 15.2 Å². The first-order chi connectivity index (χ1) is 11.7. The molecular weight excluding hydrogens is 322 g/mol. The van der Waals surface area contributed by atoms with Crippen molar-refractivity contribution in [2.45, 2.75) is 12.1 Å². The Bertz CT molecular complexity index is 843. The summed E-state index contributed by atoms with van der Waals surface area (Å²) in [5, 5.41) is 8.85. The molecule has 122 valence electrons. The molecule has 0 aliphatic heterocycles. The number of thioether (sulfide) groups is 1. The molecule has 3 rings (SSSR count). The average Bonchev–Trinajstić information content (AvgIpc) is 3.09. The Balaban J connectivity index is 1.67. The lowest BCUT2D eigenvalue weighted by molar-refractivity contribution is 0.101. The number of nitrogens with zero attached hydrogens (tertiary/aromatic N) is 2. The number of H-pyrrole nitrogens is 1. The third-order valence-corrected chi connectivity index (χ3v) is 4.40. The van der Waals surface area contributed by atoms with Crippen LogP contribution in [0, 0.1) is 6.92 Å². The van der Waals surface area contributed by atoms with Crippen molar-refractivity contribution in [1.82, 2.24) is 15.2 Å². The van der Waals surface area contributed by atoms with Crippen LogP contribution < -0.4 is 4.74 Å². The lowest BCUT2D eigenvalue weighted by Crippen LogP contribution is -2.04. The summed E-state index contributed by atoms with van der Waals surface area (Å²) in [6, 6.07) is 15.2. The largest absolute Gasteiger partial charge is 0.496 e. The maximum absolute atomic E-state index is 12.3. The molecule has 0 unspecified atom stereocenters. The third-order valence-electron chi connectivity index (χ3n) is 3.54. The quantitative estimate of drug-likeness (QED) is 0.547. The van der Waals surface area contributed by atoms with E-state index in [0.717, 1.165) is 5.56 Å². The molecule has 5 nitrogen and oxygen atoms in total. The molecule has 6 heteroatoms. The molecule has 0 amide bonds. The van der Waals surface area contributed by atoms with Gasteiger partial charge in [0, 0.05) is 5.56 Å². The zero-order valence-electron chi connectivity index (χ0n) is 13.4. The van der Waals surface area contributed by atoms with E-state index in [1.165, 1.54) is 17.3 Å². The first-order valence-corrected chi connectivity index (χ1v) is 8.44. The van der Waals surface area contributed by atoms with Gasteiger partial charge in [-0.15, -0.1) is 10.2 Å². The number of hydrogen-bond donors (Lipinski definition) is 1. The molecule has 1 aromatic heterocycles. The number of rotatable bonds is 6. The van der Waals surface area contributed by atoms with Crippen LogP contribution in [0.4, 0.5) is 0 Å². The fourth-order valence-electron chi connectivity index (χ4n) is 2.24. The first kappa shape index (κ1) is 16.3. The molecule has 0 atom stereocenters. The van der Waals surface area contributed by atoms with Gasteiger partial charge in [-0.05, 0) is 19.1 Å². The minimum absolute atomic E-state index is 0.00858. The SMILES string of the molecule is COc1ccccc1C(=O)CSc1nnc(-c2ccc(C)cc2)[nH]1. The van der Waals surface area contributed by atoms with Gasteiger partial charge in [0.05, 0.1) is 18.4 Å². The highest BCUT2D eigenvalue weighted by Crippen LogP contribution is 2.23. The van der Waals surface area contributed by atoms with E-state index >= 15 is 0 Å². The van der Waals surface area contributed by atoms with Crippen LogP contribution in [-0.2, 0) is 0 Å². The number of ether oxygens (including phenoxy) is 1. The molecule has 1 N–H and O–H groups in total. The summed E-state index contributed by atoms with van der Waals surface area (Å²) in [5.41, 5.74) is 2.73. The molecule has 1 heterocycles. The molecule has 24 heavy (non-hydrogen) atoms. The van der Waals surface area contributed by atoms with Gasteiger partial charge in [0.2, 0.25) is 0 Å². The molecule has 0 fully saturated rings. The molecule has 0 spiro atoms. The van der Waals surface area contributed by atoms with Crippen LogP contribution in [0.15, 0.2) is 53.7 Å². The second-order valence-electron chi connectivity index (χ2n) is 5.26. The number of Topliss-reactive ketones (excluding diaryl/α,β-unsaturated/α-hetero) is 1. The van der Waals surface area contributed by atoms with Crippen molar-refractivity contribution in [1.29, 1.82) is 0 Å². The topological polar surface area (TPSA) is 67.9 Å². The Morgan fingerprint density at radius 2 is 1.88 bits per heavy atom. The van der Waals surface area contributed by atoms with E-state index in [9.17, 15) is 4.79 Å². The van der Waals surface area contributed by atoms with Gasteiger partial charge in [-0.2, -0.15) is 0 Å². The Kier molecular flexibility index (Phi) is 4.96. The van der Waals surface area contributed by atoms with Crippen molar-refractivity contribution in [3.8, 4) is 17.1 Å². The number of carbonyl (C=O) groups is 1. The summed E-state index contributed by atoms with van der Waals surface area (Å²) in [5.74, 6) is 1.54. The number of methoxy groups -OCH3 is 1. The van der Waals surface area contributed by atoms with Gasteiger partial charge in [0.15, 0.2) is 16.8 Å². The highest BCUT2D eigenvalue weighted by molar-refractivity contribution is 7.99. The molecule has 0 saturated heterocycles. The van der Waals surface area contributed by atoms with Gasteiger partial charge in [-0.1, -0.05) is 53.7 Å². The molecule has 2 aromatic carbocycles. The van der Waals surface area contributed by atoms with E-state index < -0.39 is 0 Å². The Morgan fingerprint density at radius 1 is 1.12 bits per heavy atom. The molecule has 0 radical (unpaired) electrons. The number of aromatic nitrogens is 3. The fourth-order valence-corrected chi connectivity index (χ4v) is 2.93. The number of para-hydroxylation sites is 1. The highest BCUT2D eigenvalue weighted by Gasteiger charge is 2.13. The van der Waals surface area contributed by atoms with Crippen LogP contribution in [0.2, 0.25) is 0 Å². The third kappa shape index (κ3) is 3.65. The molecule has 0 aliphatic rings. The number of aromatic amines is 1. The number of benzene rings is 2. The van der Waals surface area contributed by atoms with Crippen LogP contribution in [0.3, 0.4) is 0 Å². The zero-order valence-corrected chi connectivity index (χ0v) is 14.3. The average molecular weight is 339 g/mol. The van der Waals surface area contributed by atoms with Gasteiger partial charge in [0.25, 0.3) is 0 Å². The van der Waals surface area contributed by atoms with Crippen molar-refractivity contribution in [2.75, 3.05) is 12.9 Å². The van der Waals surface area contributed by atoms with Crippen molar-refractivity contribution in [2.24, 2.45) is 0 Å². The number of ketones is 1. The van der Waals surface area contributed by atoms with Crippen LogP contribution >= 0.6 is 11.8 Å². The lowest BCUT2D eigenvalue weighted by Gasteiger charge is -2.06. The number of aryl methyl sites for hydroxylation is 1. The maximum Gasteiger partial charge on any atom is 0.189 e. The summed E-state index contributed by atoms with van der Waals surface area (Å²) >= 11 is 1.33. The normalized spacial score (nSPS) is 10.6. The van der Waals surface area contributed by atoms with Crippen molar-refractivity contribution < 1.29 is 9.53 Å². The molecule has 0 bridgehead atoms. The summed E-state index contributed by atoms with van der Waals surface area (Å²) < 4.78 is 5.22. The van der Waals surface area contributed by atoms with Gasteiger partial charge in [0.1, 0.15) is 5.75 Å². The molecule has 0 saturated carbocycles. The minimum atomic E-state index is -0.00858. The van der Waals surface area contributed by atoms with E-state index in [0.29, 0.717) is 22.3 Å². The van der Waals surface area contributed by atoms with Crippen molar-refractivity contribution >= 4 is 17.5 Å². The van der Waals surface area contributed by atoms with E-state index in [1.807, 2.05) is 43.3 Å². The zero-order chi connectivity index (χ0) is 16.9. The van der Waals surface area contributed by atoms with Gasteiger partial charge in [-0.25, -0.2) is 0 Å². The summed E-state index contributed by atoms with van der Waals surface area (Å²) in [6.07, 6.45) is 0. The van der Waals surface area contributed by atoms with E-state index in [-0.39, 0.29) is 11.5 Å². The Morgan fingerprint density at radius 3 is 2.62 bits per heavy atom. The molecular formula is C18H17N3O2S. The maximum atomic E-state index is 12.3. The predicted molar refractivity (Wildman–Crippen MR) is 94.6 cm³/mol. The second-order valence-corrected chi connectivity index (χ2v) is 6.22. The monoisotopic (exact) mass is 339 g/mol.